The van der Waals surface area contributed by atoms with Crippen molar-refractivity contribution in [1.29, 1.82) is 0 Å². The van der Waals surface area contributed by atoms with Crippen molar-refractivity contribution < 1.29 is 32.6 Å². The number of hydrogen-bond acceptors (Lipinski definition) is 7. The highest BCUT2D eigenvalue weighted by Crippen LogP contribution is 2.36. The van der Waals surface area contributed by atoms with Gasteiger partial charge in [0.05, 0.1) is 23.9 Å². The molecule has 1 aliphatic rings. The van der Waals surface area contributed by atoms with Gasteiger partial charge < -0.3 is 15.6 Å². The summed E-state index contributed by atoms with van der Waals surface area (Å²) in [4.78, 5) is 33.7. The summed E-state index contributed by atoms with van der Waals surface area (Å²) in [6.45, 7) is 7.16. The first-order valence-electron chi connectivity index (χ1n) is 13.6. The number of rotatable bonds is 9. The Balaban J connectivity index is 1.64. The van der Waals surface area contributed by atoms with Crippen molar-refractivity contribution in [2.24, 2.45) is 17.6 Å². The van der Waals surface area contributed by atoms with Crippen LogP contribution in [0.1, 0.15) is 67.4 Å². The molecule has 4 rings (SSSR count). The maximum atomic E-state index is 15.4. The van der Waals surface area contributed by atoms with Gasteiger partial charge in [0.2, 0.25) is 0 Å². The van der Waals surface area contributed by atoms with E-state index in [-0.39, 0.29) is 41.7 Å². The SMILES string of the molecule is CC(C)C(=O)Cc1ccc(F)c(-c2nc(C(=O)Cc3cnccc3[C@H]3C[C@@H](N)[C@H](O)[C@@H](C(C)C)O3)ccc2F)c1F. The molecule has 3 heterocycles. The number of aromatic nitrogens is 2. The van der Waals surface area contributed by atoms with E-state index in [1.165, 1.54) is 6.20 Å². The Morgan fingerprint density at radius 1 is 1.02 bits per heavy atom. The maximum absolute atomic E-state index is 15.4. The van der Waals surface area contributed by atoms with E-state index in [2.05, 4.69) is 9.97 Å². The number of ketones is 2. The second kappa shape index (κ2) is 12.6. The van der Waals surface area contributed by atoms with Crippen molar-refractivity contribution in [2.45, 2.75) is 71.3 Å². The van der Waals surface area contributed by atoms with Gasteiger partial charge in [-0.15, -0.1) is 0 Å². The van der Waals surface area contributed by atoms with Crippen LogP contribution in [0.4, 0.5) is 13.2 Å². The Hall–Kier alpha value is -3.47. The highest BCUT2D eigenvalue weighted by molar-refractivity contribution is 5.96. The Bertz CT molecular complexity index is 1450. The minimum Gasteiger partial charge on any atom is -0.389 e. The topological polar surface area (TPSA) is 115 Å². The van der Waals surface area contributed by atoms with Crippen LogP contribution in [-0.2, 0) is 22.4 Å². The lowest BCUT2D eigenvalue weighted by Gasteiger charge is -2.40. The van der Waals surface area contributed by atoms with Crippen molar-refractivity contribution in [3.8, 4) is 11.3 Å². The third-order valence-electron chi connectivity index (χ3n) is 7.43. The quantitative estimate of drug-likeness (QED) is 0.351. The molecule has 0 amide bonds. The number of carbonyl (C=O) groups is 2. The third-order valence-corrected chi connectivity index (χ3v) is 7.43. The molecule has 1 saturated heterocycles. The van der Waals surface area contributed by atoms with Crippen molar-refractivity contribution in [2.75, 3.05) is 0 Å². The van der Waals surface area contributed by atoms with Crippen molar-refractivity contribution >= 4 is 11.6 Å². The summed E-state index contributed by atoms with van der Waals surface area (Å²) < 4.78 is 51.2. The Labute approximate surface area is 237 Å². The highest BCUT2D eigenvalue weighted by atomic mass is 19.1. The van der Waals surface area contributed by atoms with Crippen LogP contribution in [0.2, 0.25) is 0 Å². The summed E-state index contributed by atoms with van der Waals surface area (Å²) in [5.74, 6) is -4.35. The summed E-state index contributed by atoms with van der Waals surface area (Å²) in [7, 11) is 0. The molecule has 1 aromatic carbocycles. The van der Waals surface area contributed by atoms with Crippen LogP contribution in [0, 0.1) is 29.3 Å². The molecular weight excluding hydrogens is 535 g/mol. The van der Waals surface area contributed by atoms with E-state index in [4.69, 9.17) is 10.5 Å². The molecule has 218 valence electrons. The lowest BCUT2D eigenvalue weighted by molar-refractivity contribution is -0.145. The molecule has 4 atom stereocenters. The zero-order chi connectivity index (χ0) is 30.0. The standard InChI is InChI=1S/C31H34F3N3O4/c1-15(2)24(38)11-17-5-6-20(32)27(28(17)34)29-21(33)7-8-23(37-29)25(39)12-18-14-36-10-9-19(18)26-13-22(35)30(40)31(41-26)16(3)4/h5-10,14-16,22,26,30-31,40H,11-13,35H2,1-4H3/t22-,26-,30+,31-/m1/s1. The van der Waals surface area contributed by atoms with Crippen LogP contribution >= 0.6 is 0 Å². The normalized spacial score (nSPS) is 21.0. The largest absolute Gasteiger partial charge is 0.389 e. The van der Waals surface area contributed by atoms with Crippen LogP contribution in [0.5, 0.6) is 0 Å². The number of aliphatic hydroxyl groups is 1. The predicted molar refractivity (Wildman–Crippen MR) is 146 cm³/mol. The summed E-state index contributed by atoms with van der Waals surface area (Å²) in [5.41, 5.74) is 5.70. The molecule has 0 aliphatic carbocycles. The number of ether oxygens (including phenoxy) is 1. The number of benzene rings is 1. The smallest absolute Gasteiger partial charge is 0.185 e. The molecule has 0 bridgehead atoms. The number of carbonyl (C=O) groups excluding carboxylic acids is 2. The number of Topliss-reactive ketones (excluding diaryl/α,β-unsaturated/α-hetero) is 2. The number of nitrogens with zero attached hydrogens (tertiary/aromatic N) is 2. The van der Waals surface area contributed by atoms with E-state index in [1.54, 1.807) is 26.1 Å². The molecule has 0 unspecified atom stereocenters. The van der Waals surface area contributed by atoms with Gasteiger partial charge in [-0.25, -0.2) is 18.2 Å². The Morgan fingerprint density at radius 2 is 1.73 bits per heavy atom. The lowest BCUT2D eigenvalue weighted by Crippen LogP contribution is -2.52. The van der Waals surface area contributed by atoms with Crippen LogP contribution in [0.3, 0.4) is 0 Å². The van der Waals surface area contributed by atoms with Gasteiger partial charge in [0.1, 0.15) is 34.6 Å². The summed E-state index contributed by atoms with van der Waals surface area (Å²) in [6.07, 6.45) is 1.08. The summed E-state index contributed by atoms with van der Waals surface area (Å²) in [6, 6.07) is 5.37. The fraction of sp³-hybridized carbons (Fsp3) is 0.419. The summed E-state index contributed by atoms with van der Waals surface area (Å²) in [5, 5.41) is 10.5. The maximum Gasteiger partial charge on any atom is 0.185 e. The van der Waals surface area contributed by atoms with Gasteiger partial charge in [-0.05, 0) is 53.3 Å². The molecule has 10 heteroatoms. The molecule has 1 fully saturated rings. The average molecular weight is 570 g/mol. The fourth-order valence-electron chi connectivity index (χ4n) is 4.98. The molecule has 1 aliphatic heterocycles. The summed E-state index contributed by atoms with van der Waals surface area (Å²) >= 11 is 0. The molecule has 7 nitrogen and oxygen atoms in total. The number of nitrogens with two attached hydrogens (primary N) is 1. The van der Waals surface area contributed by atoms with Gasteiger partial charge in [-0.3, -0.25) is 14.6 Å². The van der Waals surface area contributed by atoms with E-state index >= 15 is 4.39 Å². The molecular formula is C31H34F3N3O4. The average Bonchev–Trinajstić information content (AvgIpc) is 2.92. The molecule has 0 spiro atoms. The van der Waals surface area contributed by atoms with E-state index < -0.39 is 58.8 Å². The number of halogens is 3. The predicted octanol–water partition coefficient (Wildman–Crippen LogP) is 4.93. The van der Waals surface area contributed by atoms with Crippen molar-refractivity contribution in [3.63, 3.8) is 0 Å². The zero-order valence-electron chi connectivity index (χ0n) is 23.4. The minimum atomic E-state index is -1.10. The van der Waals surface area contributed by atoms with Gasteiger partial charge in [-0.2, -0.15) is 0 Å². The Kier molecular flexibility index (Phi) is 9.36. The first-order valence-corrected chi connectivity index (χ1v) is 13.6. The molecule has 2 aromatic heterocycles. The molecule has 0 saturated carbocycles. The van der Waals surface area contributed by atoms with Gasteiger partial charge >= 0.3 is 0 Å². The lowest BCUT2D eigenvalue weighted by atomic mass is 9.86. The Morgan fingerprint density at radius 3 is 2.41 bits per heavy atom. The number of pyridine rings is 2. The van der Waals surface area contributed by atoms with Gasteiger partial charge in [0.15, 0.2) is 5.78 Å². The second-order valence-corrected chi connectivity index (χ2v) is 11.1. The molecule has 3 aromatic rings. The van der Waals surface area contributed by atoms with Crippen LogP contribution in [0.15, 0.2) is 42.7 Å². The monoisotopic (exact) mass is 569 g/mol. The second-order valence-electron chi connectivity index (χ2n) is 11.1. The van der Waals surface area contributed by atoms with Crippen LogP contribution in [-0.4, -0.2) is 44.9 Å². The third kappa shape index (κ3) is 6.55. The van der Waals surface area contributed by atoms with E-state index in [1.807, 2.05) is 13.8 Å². The van der Waals surface area contributed by atoms with Gasteiger partial charge in [0, 0.05) is 37.2 Å². The molecule has 3 N–H and O–H groups in total. The van der Waals surface area contributed by atoms with E-state index in [0.29, 0.717) is 17.5 Å². The molecule has 41 heavy (non-hydrogen) atoms. The first kappa shape index (κ1) is 30.5. The highest BCUT2D eigenvalue weighted by Gasteiger charge is 2.38. The first-order chi connectivity index (χ1) is 19.4. The number of aliphatic hydroxyl groups excluding tert-OH is 1. The van der Waals surface area contributed by atoms with Crippen molar-refractivity contribution in [3.05, 3.63) is 82.6 Å². The van der Waals surface area contributed by atoms with Crippen molar-refractivity contribution in [1.82, 2.24) is 9.97 Å². The van der Waals surface area contributed by atoms with E-state index in [9.17, 15) is 23.5 Å². The molecule has 0 radical (unpaired) electrons. The van der Waals surface area contributed by atoms with Crippen LogP contribution in [0.25, 0.3) is 11.3 Å². The fourth-order valence-corrected chi connectivity index (χ4v) is 4.98. The zero-order valence-corrected chi connectivity index (χ0v) is 23.4. The van der Waals surface area contributed by atoms with Gasteiger partial charge in [-0.1, -0.05) is 33.8 Å². The van der Waals surface area contributed by atoms with Crippen LogP contribution < -0.4 is 5.73 Å². The number of hydrogen-bond donors (Lipinski definition) is 2. The minimum absolute atomic E-state index is 0.00427. The van der Waals surface area contributed by atoms with E-state index in [0.717, 1.165) is 24.3 Å². The van der Waals surface area contributed by atoms with Gasteiger partial charge in [0.25, 0.3) is 0 Å².